The lowest BCUT2D eigenvalue weighted by atomic mass is 9.92. The maximum Gasteiger partial charge on any atom is 0.0271 e. The molecule has 1 aromatic heterocycles. The van der Waals surface area contributed by atoms with E-state index >= 15 is 0 Å². The second-order valence-corrected chi connectivity index (χ2v) is 5.47. The number of pyridine rings is 1. The van der Waals surface area contributed by atoms with Gasteiger partial charge in [-0.05, 0) is 36.7 Å². The summed E-state index contributed by atoms with van der Waals surface area (Å²) in [5, 5.41) is 3.42. The van der Waals surface area contributed by atoms with Gasteiger partial charge in [0.1, 0.15) is 0 Å². The molecule has 1 N–H and O–H groups in total. The molecule has 0 radical (unpaired) electrons. The van der Waals surface area contributed by atoms with Crippen molar-refractivity contribution in [2.45, 2.75) is 27.3 Å². The van der Waals surface area contributed by atoms with Crippen molar-refractivity contribution in [3.05, 3.63) is 30.1 Å². The summed E-state index contributed by atoms with van der Waals surface area (Å²) in [5.74, 6) is 0. The molecule has 96 valence electrons. The van der Waals surface area contributed by atoms with Crippen molar-refractivity contribution in [2.24, 2.45) is 5.41 Å². The molecule has 0 unspecified atom stereocenters. The molecule has 0 aliphatic carbocycles. The van der Waals surface area contributed by atoms with Gasteiger partial charge in [0.05, 0.1) is 0 Å². The minimum atomic E-state index is 0.303. The van der Waals surface area contributed by atoms with E-state index in [0.29, 0.717) is 5.41 Å². The highest BCUT2D eigenvalue weighted by atomic mass is 15.1. The molecule has 1 aromatic rings. The van der Waals surface area contributed by atoms with Gasteiger partial charge < -0.3 is 10.2 Å². The fraction of sp³-hybridized carbons (Fsp3) is 0.643. The van der Waals surface area contributed by atoms with Crippen LogP contribution in [0.15, 0.2) is 24.5 Å². The van der Waals surface area contributed by atoms with Crippen molar-refractivity contribution in [3.8, 4) is 0 Å². The molecule has 1 rings (SSSR count). The third-order valence-corrected chi connectivity index (χ3v) is 2.75. The lowest BCUT2D eigenvalue weighted by Gasteiger charge is -2.30. The highest BCUT2D eigenvalue weighted by Crippen LogP contribution is 2.16. The van der Waals surface area contributed by atoms with Crippen LogP contribution in [0.1, 0.15) is 26.3 Å². The molecule has 0 aliphatic heterocycles. The smallest absolute Gasteiger partial charge is 0.0271 e. The van der Waals surface area contributed by atoms with E-state index < -0.39 is 0 Å². The maximum absolute atomic E-state index is 4.04. The summed E-state index contributed by atoms with van der Waals surface area (Å²) < 4.78 is 0. The first-order chi connectivity index (χ1) is 8.03. The van der Waals surface area contributed by atoms with E-state index in [1.165, 1.54) is 5.56 Å². The van der Waals surface area contributed by atoms with Crippen molar-refractivity contribution in [3.63, 3.8) is 0 Å². The van der Waals surface area contributed by atoms with Crippen LogP contribution >= 0.6 is 0 Å². The summed E-state index contributed by atoms with van der Waals surface area (Å²) in [7, 11) is 2.17. The lowest BCUT2D eigenvalue weighted by Crippen LogP contribution is -2.38. The average Bonchev–Trinajstić information content (AvgIpc) is 2.27. The average molecular weight is 235 g/mol. The number of hydrogen-bond acceptors (Lipinski definition) is 3. The molecule has 0 saturated carbocycles. The summed E-state index contributed by atoms with van der Waals surface area (Å²) in [6.07, 6.45) is 3.71. The SMILES string of the molecule is CCNCC(C)(C)CN(C)Cc1ccncc1. The quantitative estimate of drug-likeness (QED) is 0.785. The van der Waals surface area contributed by atoms with Crippen molar-refractivity contribution >= 4 is 0 Å². The van der Waals surface area contributed by atoms with Gasteiger partial charge in [0.2, 0.25) is 0 Å². The van der Waals surface area contributed by atoms with E-state index in [9.17, 15) is 0 Å². The highest BCUT2D eigenvalue weighted by molar-refractivity contribution is 5.09. The van der Waals surface area contributed by atoms with Crippen LogP contribution in [0.25, 0.3) is 0 Å². The highest BCUT2D eigenvalue weighted by Gasteiger charge is 2.19. The minimum Gasteiger partial charge on any atom is -0.316 e. The Bertz CT molecular complexity index is 309. The van der Waals surface area contributed by atoms with Crippen LogP contribution in [0.2, 0.25) is 0 Å². The summed E-state index contributed by atoms with van der Waals surface area (Å²) in [4.78, 5) is 6.41. The second kappa shape index (κ2) is 6.72. The summed E-state index contributed by atoms with van der Waals surface area (Å²) in [6, 6.07) is 4.15. The number of nitrogens with one attached hydrogen (secondary N) is 1. The molecule has 0 atom stereocenters. The van der Waals surface area contributed by atoms with Crippen LogP contribution < -0.4 is 5.32 Å². The van der Waals surface area contributed by atoms with Gasteiger partial charge >= 0.3 is 0 Å². The lowest BCUT2D eigenvalue weighted by molar-refractivity contribution is 0.199. The van der Waals surface area contributed by atoms with E-state index in [2.05, 4.69) is 55.2 Å². The Morgan fingerprint density at radius 2 is 1.94 bits per heavy atom. The van der Waals surface area contributed by atoms with E-state index in [0.717, 1.165) is 26.2 Å². The number of rotatable bonds is 7. The van der Waals surface area contributed by atoms with Crippen LogP contribution in [0.5, 0.6) is 0 Å². The van der Waals surface area contributed by atoms with Crippen LogP contribution in [0.3, 0.4) is 0 Å². The molecular formula is C14H25N3. The second-order valence-electron chi connectivity index (χ2n) is 5.47. The van der Waals surface area contributed by atoms with E-state index in [1.54, 1.807) is 0 Å². The topological polar surface area (TPSA) is 28.2 Å². The molecule has 17 heavy (non-hydrogen) atoms. The van der Waals surface area contributed by atoms with Gasteiger partial charge in [-0.25, -0.2) is 0 Å². The fourth-order valence-electron chi connectivity index (χ4n) is 2.11. The molecule has 0 aliphatic rings. The summed E-state index contributed by atoms with van der Waals surface area (Å²) >= 11 is 0. The summed E-state index contributed by atoms with van der Waals surface area (Å²) in [6.45, 7) is 10.9. The molecule has 3 nitrogen and oxygen atoms in total. The van der Waals surface area contributed by atoms with Crippen molar-refractivity contribution in [2.75, 3.05) is 26.7 Å². The normalized spacial score (nSPS) is 12.1. The number of aromatic nitrogens is 1. The first-order valence-electron chi connectivity index (χ1n) is 6.31. The Labute approximate surface area is 105 Å². The molecule has 1 heterocycles. The molecule has 0 spiro atoms. The van der Waals surface area contributed by atoms with Crippen molar-refractivity contribution in [1.82, 2.24) is 15.2 Å². The first kappa shape index (κ1) is 14.1. The largest absolute Gasteiger partial charge is 0.316 e. The van der Waals surface area contributed by atoms with Gasteiger partial charge in [-0.1, -0.05) is 20.8 Å². The Hall–Kier alpha value is -0.930. The van der Waals surface area contributed by atoms with Crippen LogP contribution in [0, 0.1) is 5.41 Å². The third kappa shape index (κ3) is 5.80. The van der Waals surface area contributed by atoms with Gasteiger partial charge in [0.25, 0.3) is 0 Å². The standard InChI is InChI=1S/C14H25N3/c1-5-15-11-14(2,3)12-17(4)10-13-6-8-16-9-7-13/h6-9,15H,5,10-12H2,1-4H3. The van der Waals surface area contributed by atoms with E-state index in [-0.39, 0.29) is 0 Å². The number of nitrogens with zero attached hydrogens (tertiary/aromatic N) is 2. The van der Waals surface area contributed by atoms with Crippen LogP contribution in [-0.2, 0) is 6.54 Å². The summed E-state index contributed by atoms with van der Waals surface area (Å²) in [5.41, 5.74) is 1.62. The molecule has 0 saturated heterocycles. The van der Waals surface area contributed by atoms with Gasteiger partial charge in [-0.15, -0.1) is 0 Å². The zero-order chi connectivity index (χ0) is 12.7. The van der Waals surface area contributed by atoms with Crippen molar-refractivity contribution in [1.29, 1.82) is 0 Å². The third-order valence-electron chi connectivity index (χ3n) is 2.75. The zero-order valence-corrected chi connectivity index (χ0v) is 11.5. The zero-order valence-electron chi connectivity index (χ0n) is 11.5. The van der Waals surface area contributed by atoms with E-state index in [4.69, 9.17) is 0 Å². The van der Waals surface area contributed by atoms with Crippen LogP contribution in [0.4, 0.5) is 0 Å². The monoisotopic (exact) mass is 235 g/mol. The molecule has 0 amide bonds. The predicted octanol–water partition coefficient (Wildman–Crippen LogP) is 2.15. The maximum atomic E-state index is 4.04. The first-order valence-corrected chi connectivity index (χ1v) is 6.31. The van der Waals surface area contributed by atoms with Gasteiger partial charge in [0, 0.05) is 32.0 Å². The molecule has 0 fully saturated rings. The Kier molecular flexibility index (Phi) is 5.59. The van der Waals surface area contributed by atoms with Gasteiger partial charge in [-0.2, -0.15) is 0 Å². The molecule has 3 heteroatoms. The Morgan fingerprint density at radius 3 is 2.53 bits per heavy atom. The number of hydrogen-bond donors (Lipinski definition) is 1. The molecular weight excluding hydrogens is 210 g/mol. The Balaban J connectivity index is 2.41. The van der Waals surface area contributed by atoms with Crippen LogP contribution in [-0.4, -0.2) is 36.6 Å². The molecule has 0 bridgehead atoms. The Morgan fingerprint density at radius 1 is 1.29 bits per heavy atom. The predicted molar refractivity (Wildman–Crippen MR) is 72.9 cm³/mol. The van der Waals surface area contributed by atoms with E-state index in [1.807, 2.05) is 12.4 Å². The fourth-order valence-corrected chi connectivity index (χ4v) is 2.11. The van der Waals surface area contributed by atoms with Gasteiger partial charge in [0.15, 0.2) is 0 Å². The minimum absolute atomic E-state index is 0.303. The van der Waals surface area contributed by atoms with Gasteiger partial charge in [-0.3, -0.25) is 4.98 Å². The van der Waals surface area contributed by atoms with Crippen molar-refractivity contribution < 1.29 is 0 Å². The molecule has 0 aromatic carbocycles.